The molecule has 3 aliphatic carbocycles. The van der Waals surface area contributed by atoms with Gasteiger partial charge in [0.15, 0.2) is 17.1 Å². The number of rotatable bonds is 4. The Morgan fingerprint density at radius 1 is 1.20 bits per heavy atom. The largest absolute Gasteiger partial charge is 0.454 e. The van der Waals surface area contributed by atoms with Gasteiger partial charge in [0.1, 0.15) is 5.52 Å². The molecule has 3 heterocycles. The third kappa shape index (κ3) is 2.23. The van der Waals surface area contributed by atoms with Gasteiger partial charge in [-0.05, 0) is 31.4 Å². The van der Waals surface area contributed by atoms with Gasteiger partial charge in [0, 0.05) is 38.8 Å². The highest BCUT2D eigenvalue weighted by molar-refractivity contribution is 5.74. The first kappa shape index (κ1) is 17.8. The van der Waals surface area contributed by atoms with Gasteiger partial charge < -0.3 is 19.5 Å². The summed E-state index contributed by atoms with van der Waals surface area (Å²) in [5.74, 6) is 1.87. The Balaban J connectivity index is 1.42. The summed E-state index contributed by atoms with van der Waals surface area (Å²) < 4.78 is 20.1. The lowest BCUT2D eigenvalue weighted by Gasteiger charge is -2.46. The van der Waals surface area contributed by atoms with Crippen LogP contribution >= 0.6 is 0 Å². The second-order valence-electron chi connectivity index (χ2n) is 8.69. The molecule has 1 aliphatic heterocycles. The maximum absolute atomic E-state index is 13.1. The van der Waals surface area contributed by atoms with Gasteiger partial charge in [-0.1, -0.05) is 0 Å². The SMILES string of the molecule is COC12CCC(n3c(=O)n(C)c4cnc(Nc5cc6c(cc5C)OCO6)nc43)(C1)C2. The van der Waals surface area contributed by atoms with Crippen LogP contribution in [-0.2, 0) is 17.3 Å². The number of aromatic nitrogens is 4. The van der Waals surface area contributed by atoms with E-state index in [9.17, 15) is 4.79 Å². The van der Waals surface area contributed by atoms with E-state index in [-0.39, 0.29) is 23.6 Å². The van der Waals surface area contributed by atoms with E-state index in [2.05, 4.69) is 10.3 Å². The molecule has 4 aliphatic rings. The van der Waals surface area contributed by atoms with Crippen LogP contribution in [0.5, 0.6) is 11.5 Å². The molecule has 3 aromatic rings. The molecule has 0 unspecified atom stereocenters. The van der Waals surface area contributed by atoms with Crippen molar-refractivity contribution in [1.82, 2.24) is 19.1 Å². The van der Waals surface area contributed by atoms with Gasteiger partial charge >= 0.3 is 5.69 Å². The van der Waals surface area contributed by atoms with Crippen molar-refractivity contribution < 1.29 is 14.2 Å². The summed E-state index contributed by atoms with van der Waals surface area (Å²) in [6.45, 7) is 2.21. The Kier molecular flexibility index (Phi) is 3.41. The van der Waals surface area contributed by atoms with Crippen LogP contribution < -0.4 is 20.5 Å². The van der Waals surface area contributed by atoms with Gasteiger partial charge in [-0.2, -0.15) is 4.98 Å². The van der Waals surface area contributed by atoms with Crippen LogP contribution in [0.2, 0.25) is 0 Å². The molecule has 9 heteroatoms. The predicted molar refractivity (Wildman–Crippen MR) is 110 cm³/mol. The molecule has 9 nitrogen and oxygen atoms in total. The number of hydrogen-bond acceptors (Lipinski definition) is 7. The summed E-state index contributed by atoms with van der Waals surface area (Å²) in [6.07, 6.45) is 5.30. The number of anilines is 2. The van der Waals surface area contributed by atoms with Gasteiger partial charge in [0.25, 0.3) is 0 Å². The average Bonchev–Trinajstić information content (AvgIpc) is 3.45. The molecular formula is C21H23N5O4. The Morgan fingerprint density at radius 3 is 2.70 bits per heavy atom. The molecule has 30 heavy (non-hydrogen) atoms. The van der Waals surface area contributed by atoms with Gasteiger partial charge in [-0.25, -0.2) is 9.78 Å². The molecule has 2 bridgehead atoms. The van der Waals surface area contributed by atoms with Crippen LogP contribution in [0.3, 0.4) is 0 Å². The van der Waals surface area contributed by atoms with Crippen LogP contribution in [0.4, 0.5) is 11.6 Å². The molecule has 1 aromatic carbocycles. The second kappa shape index (κ2) is 5.75. The first-order valence-corrected chi connectivity index (χ1v) is 10.1. The zero-order valence-electron chi connectivity index (χ0n) is 17.2. The highest BCUT2D eigenvalue weighted by atomic mass is 16.7. The quantitative estimate of drug-likeness (QED) is 0.708. The molecule has 7 rings (SSSR count). The van der Waals surface area contributed by atoms with Crippen LogP contribution in [-0.4, -0.2) is 38.6 Å². The summed E-state index contributed by atoms with van der Waals surface area (Å²) in [7, 11) is 3.53. The van der Waals surface area contributed by atoms with E-state index in [0.29, 0.717) is 17.3 Å². The highest BCUT2D eigenvalue weighted by Gasteiger charge is 2.63. The number of hydrogen-bond donors (Lipinski definition) is 1. The lowest BCUT2D eigenvalue weighted by Crippen LogP contribution is -2.53. The number of imidazole rings is 1. The Morgan fingerprint density at radius 2 is 1.97 bits per heavy atom. The van der Waals surface area contributed by atoms with Crippen molar-refractivity contribution in [3.63, 3.8) is 0 Å². The van der Waals surface area contributed by atoms with Crippen molar-refractivity contribution in [2.24, 2.45) is 7.05 Å². The van der Waals surface area contributed by atoms with Crippen LogP contribution in [0.15, 0.2) is 23.1 Å². The normalized spacial score (nSPS) is 26.2. The number of ether oxygens (including phenoxy) is 3. The number of benzene rings is 1. The van der Waals surface area contributed by atoms with E-state index < -0.39 is 0 Å². The van der Waals surface area contributed by atoms with Gasteiger partial charge in [-0.3, -0.25) is 9.13 Å². The minimum atomic E-state index is -0.215. The van der Waals surface area contributed by atoms with E-state index in [1.807, 2.05) is 23.6 Å². The fourth-order valence-corrected chi connectivity index (χ4v) is 5.38. The molecule has 3 saturated carbocycles. The second-order valence-corrected chi connectivity index (χ2v) is 8.69. The molecule has 0 amide bonds. The summed E-state index contributed by atoms with van der Waals surface area (Å²) in [4.78, 5) is 22.3. The van der Waals surface area contributed by atoms with Gasteiger partial charge in [0.2, 0.25) is 12.7 Å². The van der Waals surface area contributed by atoms with Gasteiger partial charge in [-0.15, -0.1) is 0 Å². The maximum Gasteiger partial charge on any atom is 0.330 e. The molecule has 1 N–H and O–H groups in total. The first-order valence-electron chi connectivity index (χ1n) is 10.1. The predicted octanol–water partition coefficient (Wildman–Crippen LogP) is 2.58. The van der Waals surface area contributed by atoms with E-state index >= 15 is 0 Å². The van der Waals surface area contributed by atoms with Crippen molar-refractivity contribution >= 4 is 22.8 Å². The van der Waals surface area contributed by atoms with Crippen molar-refractivity contribution in [2.45, 2.75) is 43.7 Å². The lowest BCUT2D eigenvalue weighted by molar-refractivity contribution is -0.0906. The summed E-state index contributed by atoms with van der Waals surface area (Å²) in [6, 6.07) is 3.82. The molecule has 3 fully saturated rings. The molecule has 156 valence electrons. The Hall–Kier alpha value is -3.07. The van der Waals surface area contributed by atoms with Crippen molar-refractivity contribution in [1.29, 1.82) is 0 Å². The summed E-state index contributed by atoms with van der Waals surface area (Å²) in [5.41, 5.74) is 2.86. The number of aryl methyl sites for hydroxylation is 2. The van der Waals surface area contributed by atoms with Crippen LogP contribution in [0.25, 0.3) is 11.2 Å². The average molecular weight is 409 g/mol. The maximum atomic E-state index is 13.1. The van der Waals surface area contributed by atoms with Crippen molar-refractivity contribution in [3.8, 4) is 11.5 Å². The van der Waals surface area contributed by atoms with Crippen LogP contribution in [0.1, 0.15) is 31.2 Å². The van der Waals surface area contributed by atoms with E-state index in [1.54, 1.807) is 24.9 Å². The summed E-state index contributed by atoms with van der Waals surface area (Å²) in [5, 5.41) is 3.28. The first-order chi connectivity index (χ1) is 14.4. The zero-order valence-corrected chi connectivity index (χ0v) is 17.2. The molecule has 0 atom stereocenters. The summed E-state index contributed by atoms with van der Waals surface area (Å²) >= 11 is 0. The fourth-order valence-electron chi connectivity index (χ4n) is 5.38. The molecule has 0 spiro atoms. The number of nitrogens with one attached hydrogen (secondary N) is 1. The molecule has 0 saturated heterocycles. The minimum absolute atomic E-state index is 0.0534. The standard InChI is InChI=1S/C21H23N5O4/c1-12-6-15-16(30-11-29-15)7-13(12)23-18-22-8-14-17(24-18)26(19(27)25(14)2)20-4-5-21(9-20,10-20)28-3/h6-8H,4-5,9-11H2,1-3H3,(H,22,23,24). The zero-order chi connectivity index (χ0) is 20.7. The Bertz CT molecular complexity index is 1250. The number of fused-ring (bicyclic) bond motifs is 3. The molecular weight excluding hydrogens is 386 g/mol. The highest BCUT2D eigenvalue weighted by Crippen LogP contribution is 2.61. The third-order valence-corrected chi connectivity index (χ3v) is 7.02. The van der Waals surface area contributed by atoms with E-state index in [4.69, 9.17) is 19.2 Å². The van der Waals surface area contributed by atoms with Crippen LogP contribution in [0, 0.1) is 6.92 Å². The third-order valence-electron chi connectivity index (χ3n) is 7.02. The topological polar surface area (TPSA) is 92.4 Å². The van der Waals surface area contributed by atoms with Gasteiger partial charge in [0.05, 0.1) is 17.3 Å². The van der Waals surface area contributed by atoms with E-state index in [0.717, 1.165) is 48.2 Å². The smallest absolute Gasteiger partial charge is 0.330 e. The van der Waals surface area contributed by atoms with Crippen molar-refractivity contribution in [2.75, 3.05) is 19.2 Å². The van der Waals surface area contributed by atoms with E-state index in [1.165, 1.54) is 0 Å². The molecule has 0 radical (unpaired) electrons. The molecule has 2 aromatic heterocycles. The Labute approximate surface area is 172 Å². The van der Waals surface area contributed by atoms with Crippen molar-refractivity contribution in [3.05, 3.63) is 34.4 Å². The minimum Gasteiger partial charge on any atom is -0.454 e. The fraction of sp³-hybridized carbons (Fsp3) is 0.476. The lowest BCUT2D eigenvalue weighted by atomic mass is 9.73. The monoisotopic (exact) mass is 409 g/mol. The number of methoxy groups -OCH3 is 1. The number of nitrogens with zero attached hydrogens (tertiary/aromatic N) is 4.